The van der Waals surface area contributed by atoms with Crippen molar-refractivity contribution < 1.29 is 14.6 Å². The predicted molar refractivity (Wildman–Crippen MR) is 57.8 cm³/mol. The van der Waals surface area contributed by atoms with Gasteiger partial charge in [0.1, 0.15) is 0 Å². The molecule has 0 bridgehead atoms. The number of aliphatic carboxylic acids is 1. The maximum atomic E-state index is 10.9. The lowest BCUT2D eigenvalue weighted by Crippen LogP contribution is -2.30. The molecule has 1 fully saturated rings. The number of nitrogens with one attached hydrogen (secondary N) is 1. The van der Waals surface area contributed by atoms with Gasteiger partial charge < -0.3 is 15.2 Å². The summed E-state index contributed by atoms with van der Waals surface area (Å²) in [6.45, 7) is 5.04. The Bertz CT molecular complexity index is 196. The van der Waals surface area contributed by atoms with Crippen LogP contribution in [0.2, 0.25) is 0 Å². The summed E-state index contributed by atoms with van der Waals surface area (Å²) in [6.07, 6.45) is 2.93. The molecular weight excluding hydrogens is 194 g/mol. The first-order chi connectivity index (χ1) is 7.25. The minimum atomic E-state index is -0.635. The second-order valence-corrected chi connectivity index (χ2v) is 4.04. The van der Waals surface area contributed by atoms with E-state index >= 15 is 0 Å². The van der Waals surface area contributed by atoms with Gasteiger partial charge >= 0.3 is 5.97 Å². The van der Waals surface area contributed by atoms with Gasteiger partial charge in [-0.25, -0.2) is 0 Å². The number of hydrogen-bond acceptors (Lipinski definition) is 3. The summed E-state index contributed by atoms with van der Waals surface area (Å²) >= 11 is 0. The molecular formula is C11H21NO3. The maximum absolute atomic E-state index is 10.9. The van der Waals surface area contributed by atoms with Crippen LogP contribution in [-0.4, -0.2) is 37.4 Å². The van der Waals surface area contributed by atoms with Crippen molar-refractivity contribution in [3.63, 3.8) is 0 Å². The van der Waals surface area contributed by atoms with Crippen LogP contribution in [0.25, 0.3) is 0 Å². The minimum Gasteiger partial charge on any atom is -0.481 e. The van der Waals surface area contributed by atoms with Crippen LogP contribution < -0.4 is 5.32 Å². The van der Waals surface area contributed by atoms with Crippen LogP contribution in [0.5, 0.6) is 0 Å². The molecule has 0 aromatic carbocycles. The third-order valence-electron chi connectivity index (χ3n) is 3.01. The van der Waals surface area contributed by atoms with Crippen LogP contribution in [0.1, 0.15) is 26.2 Å². The zero-order valence-corrected chi connectivity index (χ0v) is 9.37. The Morgan fingerprint density at radius 1 is 1.53 bits per heavy atom. The van der Waals surface area contributed by atoms with Crippen LogP contribution in [0.3, 0.4) is 0 Å². The van der Waals surface area contributed by atoms with E-state index in [1.54, 1.807) is 0 Å². The van der Waals surface area contributed by atoms with Crippen molar-refractivity contribution in [3.05, 3.63) is 0 Å². The summed E-state index contributed by atoms with van der Waals surface area (Å²) in [5.74, 6) is -0.460. The second kappa shape index (κ2) is 6.80. The van der Waals surface area contributed by atoms with E-state index < -0.39 is 5.97 Å². The quantitative estimate of drug-likeness (QED) is 0.625. The first-order valence-corrected chi connectivity index (χ1v) is 5.77. The summed E-state index contributed by atoms with van der Waals surface area (Å²) in [5, 5.41) is 12.2. The van der Waals surface area contributed by atoms with Gasteiger partial charge in [-0.05, 0) is 32.2 Å². The van der Waals surface area contributed by atoms with Crippen LogP contribution in [0, 0.1) is 11.8 Å². The Hall–Kier alpha value is -0.610. The molecule has 1 aliphatic rings. The number of hydrogen-bond donors (Lipinski definition) is 2. The predicted octanol–water partition coefficient (Wildman–Crippen LogP) is 1.11. The van der Waals surface area contributed by atoms with Crippen molar-refractivity contribution >= 4 is 5.97 Å². The monoisotopic (exact) mass is 215 g/mol. The Kier molecular flexibility index (Phi) is 5.65. The lowest BCUT2D eigenvalue weighted by Gasteiger charge is -2.16. The third kappa shape index (κ3) is 4.18. The highest BCUT2D eigenvalue weighted by Crippen LogP contribution is 2.31. The van der Waals surface area contributed by atoms with E-state index in [4.69, 9.17) is 9.84 Å². The Morgan fingerprint density at radius 3 is 3.00 bits per heavy atom. The van der Waals surface area contributed by atoms with E-state index in [0.29, 0.717) is 12.5 Å². The number of rotatable bonds is 7. The van der Waals surface area contributed by atoms with E-state index in [9.17, 15) is 4.79 Å². The van der Waals surface area contributed by atoms with Crippen molar-refractivity contribution in [2.45, 2.75) is 26.2 Å². The van der Waals surface area contributed by atoms with E-state index in [1.165, 1.54) is 0 Å². The molecule has 4 nitrogen and oxygen atoms in total. The SMILES string of the molecule is CCOCCNCC1CCCC1C(=O)O. The fourth-order valence-corrected chi connectivity index (χ4v) is 2.18. The van der Waals surface area contributed by atoms with E-state index in [-0.39, 0.29) is 5.92 Å². The molecule has 88 valence electrons. The molecule has 1 aliphatic carbocycles. The van der Waals surface area contributed by atoms with Crippen molar-refractivity contribution in [3.8, 4) is 0 Å². The summed E-state index contributed by atoms with van der Waals surface area (Å²) in [4.78, 5) is 10.9. The Labute approximate surface area is 91.0 Å². The molecule has 1 rings (SSSR count). The molecule has 2 atom stereocenters. The first-order valence-electron chi connectivity index (χ1n) is 5.77. The molecule has 4 heteroatoms. The molecule has 0 heterocycles. The van der Waals surface area contributed by atoms with E-state index in [2.05, 4.69) is 5.32 Å². The van der Waals surface area contributed by atoms with Gasteiger partial charge in [-0.3, -0.25) is 4.79 Å². The standard InChI is InChI=1S/C11H21NO3/c1-2-15-7-6-12-8-9-4-3-5-10(9)11(13)14/h9-10,12H,2-8H2,1H3,(H,13,14). The topological polar surface area (TPSA) is 58.6 Å². The minimum absolute atomic E-state index is 0.135. The average Bonchev–Trinajstić information content (AvgIpc) is 2.66. The highest BCUT2D eigenvalue weighted by Gasteiger charge is 2.32. The average molecular weight is 215 g/mol. The number of carboxylic acid groups (broad SMARTS) is 1. The third-order valence-corrected chi connectivity index (χ3v) is 3.01. The highest BCUT2D eigenvalue weighted by atomic mass is 16.5. The zero-order chi connectivity index (χ0) is 11.1. The number of carboxylic acids is 1. The van der Waals surface area contributed by atoms with Gasteiger partial charge in [0, 0.05) is 13.2 Å². The molecule has 0 aliphatic heterocycles. The summed E-state index contributed by atoms with van der Waals surface area (Å²) in [5.41, 5.74) is 0. The smallest absolute Gasteiger partial charge is 0.306 e. The molecule has 0 aromatic rings. The van der Waals surface area contributed by atoms with Gasteiger partial charge in [-0.2, -0.15) is 0 Å². The molecule has 0 saturated heterocycles. The van der Waals surface area contributed by atoms with E-state index in [0.717, 1.165) is 39.0 Å². The normalized spacial score (nSPS) is 25.7. The Balaban J connectivity index is 2.12. The van der Waals surface area contributed by atoms with Crippen molar-refractivity contribution in [1.82, 2.24) is 5.32 Å². The summed E-state index contributed by atoms with van der Waals surface area (Å²) < 4.78 is 5.19. The van der Waals surface area contributed by atoms with E-state index in [1.807, 2.05) is 6.92 Å². The number of ether oxygens (including phenoxy) is 1. The molecule has 0 spiro atoms. The molecule has 1 saturated carbocycles. The van der Waals surface area contributed by atoms with Crippen molar-refractivity contribution in [2.24, 2.45) is 11.8 Å². The van der Waals surface area contributed by atoms with Crippen LogP contribution >= 0.6 is 0 Å². The number of carbonyl (C=O) groups is 1. The zero-order valence-electron chi connectivity index (χ0n) is 9.37. The maximum Gasteiger partial charge on any atom is 0.306 e. The van der Waals surface area contributed by atoms with Crippen LogP contribution in [0.4, 0.5) is 0 Å². The van der Waals surface area contributed by atoms with Gasteiger partial charge in [0.25, 0.3) is 0 Å². The fraction of sp³-hybridized carbons (Fsp3) is 0.909. The molecule has 0 amide bonds. The lowest BCUT2D eigenvalue weighted by molar-refractivity contribution is -0.142. The fourth-order valence-electron chi connectivity index (χ4n) is 2.18. The van der Waals surface area contributed by atoms with Gasteiger partial charge in [-0.1, -0.05) is 6.42 Å². The molecule has 0 aromatic heterocycles. The molecule has 2 unspecified atom stereocenters. The molecule has 15 heavy (non-hydrogen) atoms. The van der Waals surface area contributed by atoms with Crippen molar-refractivity contribution in [1.29, 1.82) is 0 Å². The van der Waals surface area contributed by atoms with Crippen molar-refractivity contribution in [2.75, 3.05) is 26.3 Å². The van der Waals surface area contributed by atoms with Crippen LogP contribution in [0.15, 0.2) is 0 Å². The van der Waals surface area contributed by atoms with Crippen LogP contribution in [-0.2, 0) is 9.53 Å². The van der Waals surface area contributed by atoms with Gasteiger partial charge in [0.05, 0.1) is 12.5 Å². The molecule has 0 radical (unpaired) electrons. The lowest BCUT2D eigenvalue weighted by atomic mass is 9.96. The Morgan fingerprint density at radius 2 is 2.33 bits per heavy atom. The largest absolute Gasteiger partial charge is 0.481 e. The first kappa shape index (κ1) is 12.5. The summed E-state index contributed by atoms with van der Waals surface area (Å²) in [7, 11) is 0. The van der Waals surface area contributed by atoms with Gasteiger partial charge in [-0.15, -0.1) is 0 Å². The van der Waals surface area contributed by atoms with Gasteiger partial charge in [0.2, 0.25) is 0 Å². The molecule has 2 N–H and O–H groups in total. The van der Waals surface area contributed by atoms with Gasteiger partial charge in [0.15, 0.2) is 0 Å². The second-order valence-electron chi connectivity index (χ2n) is 4.04. The highest BCUT2D eigenvalue weighted by molar-refractivity contribution is 5.70. The summed E-state index contributed by atoms with van der Waals surface area (Å²) in [6, 6.07) is 0.